The van der Waals surface area contributed by atoms with Crippen LogP contribution in [0, 0.1) is 0 Å². The third-order valence-corrected chi connectivity index (χ3v) is 4.50. The Balaban J connectivity index is 0.00000180. The van der Waals surface area contributed by atoms with Gasteiger partial charge in [-0.25, -0.2) is 0 Å². The molecule has 0 aliphatic carbocycles. The van der Waals surface area contributed by atoms with Crippen molar-refractivity contribution in [2.45, 2.75) is 57.5 Å². The molecule has 1 N–H and O–H groups in total. The molecule has 0 aromatic carbocycles. The molecule has 0 aromatic rings. The van der Waals surface area contributed by atoms with Crippen LogP contribution in [-0.4, -0.2) is 59.1 Å². The monoisotopic (exact) mass is 290 g/mol. The molecule has 5 heteroatoms. The lowest BCUT2D eigenvalue weighted by atomic mass is 9.98. The Labute approximate surface area is 122 Å². The number of rotatable bonds is 4. The van der Waals surface area contributed by atoms with Crippen molar-refractivity contribution in [3.8, 4) is 0 Å². The van der Waals surface area contributed by atoms with E-state index in [0.717, 1.165) is 19.1 Å². The predicted molar refractivity (Wildman–Crippen MR) is 79.0 cm³/mol. The Kier molecular flexibility index (Phi) is 7.11. The van der Waals surface area contributed by atoms with Crippen molar-refractivity contribution in [1.82, 2.24) is 9.80 Å². The van der Waals surface area contributed by atoms with Gasteiger partial charge in [0.15, 0.2) is 0 Å². The molecule has 2 heterocycles. The summed E-state index contributed by atoms with van der Waals surface area (Å²) < 4.78 is 0. The Hall–Kier alpha value is -0.320. The fourth-order valence-electron chi connectivity index (χ4n) is 3.36. The smallest absolute Gasteiger partial charge is 0.304 e. The molecule has 112 valence electrons. The molecule has 0 radical (unpaired) electrons. The van der Waals surface area contributed by atoms with E-state index in [4.69, 9.17) is 5.11 Å². The first-order valence-electron chi connectivity index (χ1n) is 7.36. The number of carbonyl (C=O) groups is 1. The number of hydrogen-bond donors (Lipinski definition) is 1. The third kappa shape index (κ3) is 4.93. The van der Waals surface area contributed by atoms with Gasteiger partial charge in [-0.15, -0.1) is 12.4 Å². The Morgan fingerprint density at radius 3 is 2.26 bits per heavy atom. The maximum Gasteiger partial charge on any atom is 0.304 e. The molecule has 0 saturated carbocycles. The minimum Gasteiger partial charge on any atom is -0.481 e. The van der Waals surface area contributed by atoms with E-state index in [1.807, 2.05) is 6.92 Å². The first kappa shape index (κ1) is 16.7. The van der Waals surface area contributed by atoms with Crippen molar-refractivity contribution in [2.75, 3.05) is 26.2 Å². The largest absolute Gasteiger partial charge is 0.481 e. The number of carboxylic acid groups (broad SMARTS) is 1. The van der Waals surface area contributed by atoms with Crippen molar-refractivity contribution in [3.05, 3.63) is 0 Å². The van der Waals surface area contributed by atoms with E-state index in [1.165, 1.54) is 45.2 Å². The minimum absolute atomic E-state index is 0. The molecule has 0 amide bonds. The van der Waals surface area contributed by atoms with E-state index in [1.54, 1.807) is 0 Å². The molecule has 0 spiro atoms. The molecule has 1 atom stereocenters. The first-order chi connectivity index (χ1) is 8.66. The SMILES string of the molecule is CC(CC(=O)O)N1CCC(N2CCCCC2)CC1.Cl. The molecule has 2 rings (SSSR count). The standard InChI is InChI=1S/C14H26N2O2.ClH/c1-12(11-14(17)18)15-9-5-13(6-10-15)16-7-3-2-4-8-16;/h12-13H,2-11H2,1H3,(H,17,18);1H. The molecule has 1 unspecified atom stereocenters. The van der Waals surface area contributed by atoms with Crippen LogP contribution < -0.4 is 0 Å². The molecule has 0 bridgehead atoms. The van der Waals surface area contributed by atoms with Gasteiger partial charge in [0.25, 0.3) is 0 Å². The second kappa shape index (κ2) is 8.08. The number of piperidine rings is 2. The molecular weight excluding hydrogens is 264 g/mol. The predicted octanol–water partition coefficient (Wildman–Crippen LogP) is 2.22. The Morgan fingerprint density at radius 2 is 1.74 bits per heavy atom. The van der Waals surface area contributed by atoms with Crippen molar-refractivity contribution in [2.24, 2.45) is 0 Å². The third-order valence-electron chi connectivity index (χ3n) is 4.50. The fraction of sp³-hybridized carbons (Fsp3) is 0.929. The van der Waals surface area contributed by atoms with Crippen LogP contribution in [0.15, 0.2) is 0 Å². The Bertz CT molecular complexity index is 275. The van der Waals surface area contributed by atoms with Gasteiger partial charge in [-0.1, -0.05) is 6.42 Å². The second-order valence-electron chi connectivity index (χ2n) is 5.81. The highest BCUT2D eigenvalue weighted by molar-refractivity contribution is 5.85. The summed E-state index contributed by atoms with van der Waals surface area (Å²) in [6, 6.07) is 0.934. The van der Waals surface area contributed by atoms with Gasteiger partial charge < -0.3 is 10.0 Å². The maximum absolute atomic E-state index is 10.7. The van der Waals surface area contributed by atoms with E-state index in [9.17, 15) is 4.79 Å². The highest BCUT2D eigenvalue weighted by Crippen LogP contribution is 2.22. The van der Waals surface area contributed by atoms with E-state index in [-0.39, 0.29) is 24.9 Å². The summed E-state index contributed by atoms with van der Waals surface area (Å²) in [6.07, 6.45) is 6.80. The molecule has 4 nitrogen and oxygen atoms in total. The van der Waals surface area contributed by atoms with Crippen molar-refractivity contribution in [3.63, 3.8) is 0 Å². The summed E-state index contributed by atoms with van der Waals surface area (Å²) in [4.78, 5) is 15.7. The zero-order valence-corrected chi connectivity index (χ0v) is 12.7. The van der Waals surface area contributed by atoms with Gasteiger partial charge in [0, 0.05) is 12.1 Å². The molecular formula is C14H27ClN2O2. The van der Waals surface area contributed by atoms with Crippen molar-refractivity contribution < 1.29 is 9.90 Å². The van der Waals surface area contributed by atoms with Gasteiger partial charge in [-0.3, -0.25) is 9.69 Å². The summed E-state index contributed by atoms with van der Waals surface area (Å²) in [7, 11) is 0. The summed E-state index contributed by atoms with van der Waals surface area (Å²) in [5, 5.41) is 8.84. The van der Waals surface area contributed by atoms with Crippen LogP contribution in [0.4, 0.5) is 0 Å². The van der Waals surface area contributed by atoms with Crippen LogP contribution in [0.2, 0.25) is 0 Å². The van der Waals surface area contributed by atoms with E-state index >= 15 is 0 Å². The van der Waals surface area contributed by atoms with Gasteiger partial charge in [0.1, 0.15) is 0 Å². The fourth-order valence-corrected chi connectivity index (χ4v) is 3.36. The van der Waals surface area contributed by atoms with Gasteiger partial charge in [-0.2, -0.15) is 0 Å². The number of hydrogen-bond acceptors (Lipinski definition) is 3. The lowest BCUT2D eigenvalue weighted by Crippen LogP contribution is -2.49. The summed E-state index contributed by atoms with van der Waals surface area (Å²) >= 11 is 0. The Morgan fingerprint density at radius 1 is 1.16 bits per heavy atom. The highest BCUT2D eigenvalue weighted by Gasteiger charge is 2.27. The maximum atomic E-state index is 10.7. The van der Waals surface area contributed by atoms with E-state index in [0.29, 0.717) is 0 Å². The number of aliphatic carboxylic acids is 1. The van der Waals surface area contributed by atoms with Crippen LogP contribution in [-0.2, 0) is 4.79 Å². The molecule has 2 aliphatic rings. The number of carboxylic acids is 1. The quantitative estimate of drug-likeness (QED) is 0.862. The summed E-state index contributed by atoms with van der Waals surface area (Å²) in [5.74, 6) is -0.680. The van der Waals surface area contributed by atoms with Gasteiger partial charge >= 0.3 is 5.97 Å². The van der Waals surface area contributed by atoms with Crippen LogP contribution in [0.5, 0.6) is 0 Å². The molecule has 2 fully saturated rings. The van der Waals surface area contributed by atoms with E-state index in [2.05, 4.69) is 9.80 Å². The molecule has 2 aliphatic heterocycles. The van der Waals surface area contributed by atoms with Crippen LogP contribution >= 0.6 is 12.4 Å². The average Bonchev–Trinajstić information content (AvgIpc) is 2.39. The van der Waals surface area contributed by atoms with Gasteiger partial charge in [0.05, 0.1) is 6.42 Å². The highest BCUT2D eigenvalue weighted by atomic mass is 35.5. The van der Waals surface area contributed by atoms with Crippen LogP contribution in [0.3, 0.4) is 0 Å². The lowest BCUT2D eigenvalue weighted by molar-refractivity contribution is -0.138. The van der Waals surface area contributed by atoms with Crippen LogP contribution in [0.1, 0.15) is 45.4 Å². The zero-order valence-electron chi connectivity index (χ0n) is 11.9. The van der Waals surface area contributed by atoms with Crippen LogP contribution in [0.25, 0.3) is 0 Å². The molecule has 0 aromatic heterocycles. The zero-order chi connectivity index (χ0) is 13.0. The number of likely N-dealkylation sites (tertiary alicyclic amines) is 2. The minimum atomic E-state index is -0.680. The van der Waals surface area contributed by atoms with Gasteiger partial charge in [0.2, 0.25) is 0 Å². The molecule has 19 heavy (non-hydrogen) atoms. The van der Waals surface area contributed by atoms with Crippen molar-refractivity contribution >= 4 is 18.4 Å². The molecule has 2 saturated heterocycles. The first-order valence-corrected chi connectivity index (χ1v) is 7.36. The van der Waals surface area contributed by atoms with Crippen molar-refractivity contribution in [1.29, 1.82) is 0 Å². The summed E-state index contributed by atoms with van der Waals surface area (Å²) in [6.45, 7) is 6.71. The number of halogens is 1. The average molecular weight is 291 g/mol. The lowest BCUT2D eigenvalue weighted by Gasteiger charge is -2.41. The number of nitrogens with zero attached hydrogens (tertiary/aromatic N) is 2. The topological polar surface area (TPSA) is 43.8 Å². The summed E-state index contributed by atoms with van der Waals surface area (Å²) in [5.41, 5.74) is 0. The second-order valence-corrected chi connectivity index (χ2v) is 5.81. The van der Waals surface area contributed by atoms with Gasteiger partial charge in [-0.05, 0) is 58.8 Å². The van der Waals surface area contributed by atoms with E-state index < -0.39 is 5.97 Å². The normalized spacial score (nSPS) is 24.7.